The summed E-state index contributed by atoms with van der Waals surface area (Å²) in [5.74, 6) is 0. The van der Waals surface area contributed by atoms with E-state index in [0.29, 0.717) is 16.8 Å². The molecule has 2 aromatic carbocycles. The van der Waals surface area contributed by atoms with Gasteiger partial charge in [0.2, 0.25) is 0 Å². The minimum atomic E-state index is -4.16. The topological polar surface area (TPSA) is 114 Å². The number of nitrogens with zero attached hydrogens (tertiary/aromatic N) is 4. The van der Waals surface area contributed by atoms with Crippen LogP contribution >= 0.6 is 0 Å². The Morgan fingerprint density at radius 2 is 1.69 bits per heavy atom. The summed E-state index contributed by atoms with van der Waals surface area (Å²) in [6, 6.07) is 19.1. The number of hydrogen-bond acceptors (Lipinski definition) is 5. The van der Waals surface area contributed by atoms with Gasteiger partial charge < -0.3 is 0 Å². The van der Waals surface area contributed by atoms with Gasteiger partial charge >= 0.3 is 5.69 Å². The zero-order valence-corrected chi connectivity index (χ0v) is 16.0. The fourth-order valence-corrected chi connectivity index (χ4v) is 4.32. The molecule has 0 saturated heterocycles. The lowest BCUT2D eigenvalue weighted by atomic mass is 10.1. The molecule has 0 bridgehead atoms. The lowest BCUT2D eigenvalue weighted by Crippen LogP contribution is -2.31. The van der Waals surface area contributed by atoms with Gasteiger partial charge in [-0.25, -0.2) is 13.6 Å². The van der Waals surface area contributed by atoms with Crippen LogP contribution in [0.5, 0.6) is 0 Å². The van der Waals surface area contributed by atoms with Crippen LogP contribution in [0, 0.1) is 16.2 Å². The molecule has 9 heteroatoms. The maximum absolute atomic E-state index is 13.4. The molecule has 1 heterocycles. The van der Waals surface area contributed by atoms with Crippen molar-refractivity contribution in [2.75, 3.05) is 0 Å². The van der Waals surface area contributed by atoms with Crippen molar-refractivity contribution in [3.05, 3.63) is 94.7 Å². The first kappa shape index (κ1) is 20.1. The molecule has 29 heavy (non-hydrogen) atoms. The average Bonchev–Trinajstić information content (AvgIpc) is 2.74. The number of hydrogen-bond donors (Lipinski definition) is 1. The van der Waals surface area contributed by atoms with Crippen molar-refractivity contribution in [1.82, 2.24) is 9.29 Å². The molecule has 0 aliphatic rings. The third-order valence-electron chi connectivity index (χ3n) is 4.20. The largest absolute Gasteiger partial charge is 0.336 e. The molecule has 0 aliphatic heterocycles. The Hall–Kier alpha value is -3.61. The highest BCUT2D eigenvalue weighted by atomic mass is 32.2. The molecule has 0 fully saturated rings. The number of para-hydroxylation sites is 1. The van der Waals surface area contributed by atoms with Crippen LogP contribution in [0.1, 0.15) is 16.8 Å². The van der Waals surface area contributed by atoms with E-state index in [1.54, 1.807) is 48.7 Å². The van der Waals surface area contributed by atoms with Gasteiger partial charge in [-0.05, 0) is 35.9 Å². The molecule has 0 amide bonds. The third-order valence-corrected chi connectivity index (χ3v) is 6.03. The van der Waals surface area contributed by atoms with Crippen LogP contribution < -0.4 is 0 Å². The Balaban J connectivity index is 2.04. The normalized spacial score (nSPS) is 11.2. The van der Waals surface area contributed by atoms with Crippen molar-refractivity contribution in [3.8, 4) is 6.07 Å². The van der Waals surface area contributed by atoms with Crippen molar-refractivity contribution < 1.29 is 18.5 Å². The van der Waals surface area contributed by atoms with E-state index >= 15 is 0 Å². The second-order valence-electron chi connectivity index (χ2n) is 6.14. The first-order valence-electron chi connectivity index (χ1n) is 8.56. The average molecular weight is 409 g/mol. The second kappa shape index (κ2) is 8.60. The summed E-state index contributed by atoms with van der Waals surface area (Å²) in [7, 11) is -4.16. The molecule has 0 saturated carbocycles. The molecule has 8 nitrogen and oxygen atoms in total. The third kappa shape index (κ3) is 4.63. The lowest BCUT2D eigenvalue weighted by Gasteiger charge is -2.21. The molecule has 146 valence electrons. The molecular weight excluding hydrogens is 392 g/mol. The van der Waals surface area contributed by atoms with E-state index in [4.69, 9.17) is 5.26 Å². The van der Waals surface area contributed by atoms with Crippen LogP contribution in [-0.2, 0) is 23.1 Å². The summed E-state index contributed by atoms with van der Waals surface area (Å²) >= 11 is 0. The summed E-state index contributed by atoms with van der Waals surface area (Å²) in [6.45, 7) is -0.0506. The molecule has 3 rings (SSSR count). The number of rotatable bonds is 7. The summed E-state index contributed by atoms with van der Waals surface area (Å²) in [6.07, 6.45) is 1.56. The maximum Gasteiger partial charge on any atom is 0.336 e. The zero-order chi connectivity index (χ0) is 20.9. The smallest absolute Gasteiger partial charge is 0.260 e. The summed E-state index contributed by atoms with van der Waals surface area (Å²) < 4.78 is 27.9. The van der Waals surface area contributed by atoms with Crippen LogP contribution in [0.25, 0.3) is 0 Å². The van der Waals surface area contributed by atoms with E-state index in [0.717, 1.165) is 0 Å². The van der Waals surface area contributed by atoms with Crippen molar-refractivity contribution in [3.63, 3.8) is 0 Å². The van der Waals surface area contributed by atoms with Crippen LogP contribution in [-0.4, -0.2) is 27.8 Å². The Morgan fingerprint density at radius 3 is 2.31 bits per heavy atom. The highest BCUT2D eigenvalue weighted by molar-refractivity contribution is 7.89. The Labute approximate surface area is 167 Å². The van der Waals surface area contributed by atoms with Crippen LogP contribution in [0.3, 0.4) is 0 Å². The first-order chi connectivity index (χ1) is 13.9. The van der Waals surface area contributed by atoms with Gasteiger partial charge in [-0.3, -0.25) is 4.98 Å². The molecule has 1 aromatic heterocycles. The SMILES string of the molecule is N#Cc1ccc(CN(Cc2ccccn2)S(=O)(=O)c2ccccc2[N+](=O)O)cc1. The Kier molecular flexibility index (Phi) is 5.97. The lowest BCUT2D eigenvalue weighted by molar-refractivity contribution is -0.731. The quantitative estimate of drug-likeness (QED) is 0.600. The first-order valence-corrected chi connectivity index (χ1v) is 10.00. The minimum Gasteiger partial charge on any atom is -0.260 e. The molecule has 0 spiro atoms. The van der Waals surface area contributed by atoms with Gasteiger partial charge in [-0.1, -0.05) is 30.3 Å². The zero-order valence-electron chi connectivity index (χ0n) is 15.2. The number of nitriles is 1. The molecule has 0 unspecified atom stereocenters. The maximum atomic E-state index is 13.4. The van der Waals surface area contributed by atoms with Gasteiger partial charge in [0.25, 0.3) is 14.9 Å². The van der Waals surface area contributed by atoms with Crippen LogP contribution in [0.15, 0.2) is 77.8 Å². The summed E-state index contributed by atoms with van der Waals surface area (Å²) in [4.78, 5) is 14.9. The van der Waals surface area contributed by atoms with Gasteiger partial charge in [0.15, 0.2) is 4.90 Å². The minimum absolute atomic E-state index is 0.0107. The predicted molar refractivity (Wildman–Crippen MR) is 103 cm³/mol. The second-order valence-corrected chi connectivity index (χ2v) is 8.05. The highest BCUT2D eigenvalue weighted by Crippen LogP contribution is 2.28. The van der Waals surface area contributed by atoms with Gasteiger partial charge in [0, 0.05) is 18.8 Å². The fourth-order valence-electron chi connectivity index (χ4n) is 2.76. The van der Waals surface area contributed by atoms with E-state index in [1.165, 1.54) is 28.6 Å². The molecular formula is C20H17N4O4S+. The number of sulfonamides is 1. The fraction of sp³-hybridized carbons (Fsp3) is 0.100. The van der Waals surface area contributed by atoms with Gasteiger partial charge in [-0.2, -0.15) is 9.57 Å². The van der Waals surface area contributed by atoms with E-state index in [-0.39, 0.29) is 23.7 Å². The van der Waals surface area contributed by atoms with Crippen molar-refractivity contribution >= 4 is 15.7 Å². The van der Waals surface area contributed by atoms with Crippen molar-refractivity contribution in [1.29, 1.82) is 5.26 Å². The van der Waals surface area contributed by atoms with Crippen molar-refractivity contribution in [2.45, 2.75) is 18.0 Å². The molecule has 0 atom stereocenters. The number of pyridine rings is 1. The van der Waals surface area contributed by atoms with Crippen molar-refractivity contribution in [2.24, 2.45) is 0 Å². The van der Waals surface area contributed by atoms with E-state index in [9.17, 15) is 18.5 Å². The molecule has 3 aromatic rings. The Bertz CT molecular complexity index is 1160. The summed E-state index contributed by atoms with van der Waals surface area (Å²) in [5, 5.41) is 18.3. The van der Waals surface area contributed by atoms with E-state index < -0.39 is 14.9 Å². The van der Waals surface area contributed by atoms with Crippen LogP contribution in [0.4, 0.5) is 5.69 Å². The van der Waals surface area contributed by atoms with E-state index in [2.05, 4.69) is 4.98 Å². The molecule has 1 N–H and O–H groups in total. The van der Waals surface area contributed by atoms with Gasteiger partial charge in [0.05, 0.1) is 28.8 Å². The van der Waals surface area contributed by atoms with Crippen LogP contribution in [0.2, 0.25) is 0 Å². The van der Waals surface area contributed by atoms with Gasteiger partial charge in [-0.15, -0.1) is 0 Å². The molecule has 0 radical (unpaired) electrons. The van der Waals surface area contributed by atoms with Gasteiger partial charge in [0.1, 0.15) is 0 Å². The predicted octanol–water partition coefficient (Wildman–Crippen LogP) is 3.14. The standard InChI is InChI=1S/C20H17N4O4S/c21-13-16-8-10-17(11-9-16)14-23(15-18-5-3-4-12-22-18)29(27,28)20-7-2-1-6-19(20)24(25)26/h1-12H,14-15H2,(H,25,26)/q+1. The highest BCUT2D eigenvalue weighted by Gasteiger charge is 2.33. The number of aromatic nitrogens is 1. The molecule has 0 aliphatic carbocycles. The number of benzene rings is 2. The van der Waals surface area contributed by atoms with E-state index in [1.807, 2.05) is 6.07 Å². The Morgan fingerprint density at radius 1 is 1.00 bits per heavy atom. The monoisotopic (exact) mass is 409 g/mol. The summed E-state index contributed by atoms with van der Waals surface area (Å²) in [5.41, 5.74) is 1.26.